The van der Waals surface area contributed by atoms with Gasteiger partial charge in [-0.15, -0.1) is 0 Å². The van der Waals surface area contributed by atoms with Crippen LogP contribution < -0.4 is 5.32 Å². The van der Waals surface area contributed by atoms with E-state index in [2.05, 4.69) is 10.4 Å². The van der Waals surface area contributed by atoms with Gasteiger partial charge in [-0.05, 0) is 31.1 Å². The topological polar surface area (TPSA) is 46.9 Å². The highest BCUT2D eigenvalue weighted by Crippen LogP contribution is 2.19. The summed E-state index contributed by atoms with van der Waals surface area (Å²) < 4.78 is 1.84. The van der Waals surface area contributed by atoms with Gasteiger partial charge in [0.1, 0.15) is 0 Å². The van der Waals surface area contributed by atoms with Crippen molar-refractivity contribution in [3.05, 3.63) is 88.7 Å². The van der Waals surface area contributed by atoms with Crippen LogP contribution in [-0.4, -0.2) is 15.7 Å². The standard InChI is InChI=1S/C22H23N3O/c1-16-21(17(2)25(3)24-16)15-23-22(26)20(19-12-8-5-9-13-19)14-18-10-6-4-7-11-18/h4-14H,15H2,1-3H3,(H,23,26)/b20-14-. The molecule has 132 valence electrons. The Morgan fingerprint density at radius 1 is 1.04 bits per heavy atom. The molecule has 1 heterocycles. The molecule has 0 radical (unpaired) electrons. The van der Waals surface area contributed by atoms with Crippen molar-refractivity contribution in [3.8, 4) is 0 Å². The van der Waals surface area contributed by atoms with Crippen LogP contribution in [0.25, 0.3) is 11.6 Å². The maximum absolute atomic E-state index is 12.9. The van der Waals surface area contributed by atoms with Crippen molar-refractivity contribution in [2.75, 3.05) is 0 Å². The van der Waals surface area contributed by atoms with Crippen molar-refractivity contribution in [1.82, 2.24) is 15.1 Å². The molecule has 4 nitrogen and oxygen atoms in total. The molecule has 0 bridgehead atoms. The predicted molar refractivity (Wildman–Crippen MR) is 105 cm³/mol. The Bertz CT molecular complexity index is 925. The third kappa shape index (κ3) is 3.91. The predicted octanol–water partition coefficient (Wildman–Crippen LogP) is 3.89. The number of hydrogen-bond donors (Lipinski definition) is 1. The van der Waals surface area contributed by atoms with E-state index in [1.165, 1.54) is 0 Å². The summed E-state index contributed by atoms with van der Waals surface area (Å²) in [4.78, 5) is 12.9. The lowest BCUT2D eigenvalue weighted by atomic mass is 10.0. The molecule has 0 unspecified atom stereocenters. The number of nitrogens with zero attached hydrogens (tertiary/aromatic N) is 2. The maximum Gasteiger partial charge on any atom is 0.252 e. The molecule has 3 aromatic rings. The molecular weight excluding hydrogens is 322 g/mol. The number of benzene rings is 2. The van der Waals surface area contributed by atoms with E-state index in [0.29, 0.717) is 12.1 Å². The Labute approximate surface area is 154 Å². The van der Waals surface area contributed by atoms with E-state index in [0.717, 1.165) is 28.1 Å². The highest BCUT2D eigenvalue weighted by Gasteiger charge is 2.15. The monoisotopic (exact) mass is 345 g/mol. The van der Waals surface area contributed by atoms with Gasteiger partial charge in [0.2, 0.25) is 0 Å². The molecule has 0 saturated heterocycles. The van der Waals surface area contributed by atoms with Gasteiger partial charge in [-0.25, -0.2) is 0 Å². The molecule has 1 aromatic heterocycles. The molecule has 3 rings (SSSR count). The van der Waals surface area contributed by atoms with Crippen LogP contribution in [0.15, 0.2) is 60.7 Å². The van der Waals surface area contributed by atoms with E-state index in [-0.39, 0.29) is 5.91 Å². The second-order valence-corrected chi connectivity index (χ2v) is 6.29. The second-order valence-electron chi connectivity index (χ2n) is 6.29. The number of amides is 1. The first-order valence-electron chi connectivity index (χ1n) is 8.65. The molecule has 0 aliphatic heterocycles. The molecule has 26 heavy (non-hydrogen) atoms. The fourth-order valence-corrected chi connectivity index (χ4v) is 2.95. The Balaban J connectivity index is 1.87. The van der Waals surface area contributed by atoms with Crippen molar-refractivity contribution in [2.24, 2.45) is 7.05 Å². The van der Waals surface area contributed by atoms with Crippen LogP contribution in [0.5, 0.6) is 0 Å². The van der Waals surface area contributed by atoms with Gasteiger partial charge in [0.15, 0.2) is 0 Å². The molecule has 1 amide bonds. The normalized spacial score (nSPS) is 11.4. The van der Waals surface area contributed by atoms with Gasteiger partial charge in [0.25, 0.3) is 5.91 Å². The van der Waals surface area contributed by atoms with Crippen molar-refractivity contribution < 1.29 is 4.79 Å². The smallest absolute Gasteiger partial charge is 0.252 e. The SMILES string of the molecule is Cc1nn(C)c(C)c1CNC(=O)/C(=C\c1ccccc1)c1ccccc1. The summed E-state index contributed by atoms with van der Waals surface area (Å²) in [5.74, 6) is -0.0947. The van der Waals surface area contributed by atoms with Crippen LogP contribution in [0.1, 0.15) is 28.1 Å². The lowest BCUT2D eigenvalue weighted by Crippen LogP contribution is -2.24. The van der Waals surface area contributed by atoms with Gasteiger partial charge < -0.3 is 5.32 Å². The minimum absolute atomic E-state index is 0.0947. The molecule has 0 atom stereocenters. The zero-order valence-corrected chi connectivity index (χ0v) is 15.4. The fourth-order valence-electron chi connectivity index (χ4n) is 2.95. The van der Waals surface area contributed by atoms with E-state index in [4.69, 9.17) is 0 Å². The molecule has 0 spiro atoms. The van der Waals surface area contributed by atoms with Crippen molar-refractivity contribution in [3.63, 3.8) is 0 Å². The Morgan fingerprint density at radius 2 is 1.65 bits per heavy atom. The van der Waals surface area contributed by atoms with Crippen molar-refractivity contribution in [2.45, 2.75) is 20.4 Å². The zero-order valence-electron chi connectivity index (χ0n) is 15.4. The number of aryl methyl sites for hydroxylation is 2. The molecule has 0 saturated carbocycles. The summed E-state index contributed by atoms with van der Waals surface area (Å²) in [6.45, 7) is 4.44. The second kappa shape index (κ2) is 7.83. The Kier molecular flexibility index (Phi) is 5.32. The molecular formula is C22H23N3O. The molecule has 2 aromatic carbocycles. The molecule has 1 N–H and O–H groups in total. The van der Waals surface area contributed by atoms with E-state index in [9.17, 15) is 4.79 Å². The van der Waals surface area contributed by atoms with E-state index >= 15 is 0 Å². The summed E-state index contributed by atoms with van der Waals surface area (Å²) in [6.07, 6.45) is 1.92. The Morgan fingerprint density at radius 3 is 2.23 bits per heavy atom. The van der Waals surface area contributed by atoms with Crippen LogP contribution >= 0.6 is 0 Å². The van der Waals surface area contributed by atoms with Gasteiger partial charge in [0, 0.05) is 30.4 Å². The Hall–Kier alpha value is -3.14. The number of rotatable bonds is 5. The molecule has 0 fully saturated rings. The highest BCUT2D eigenvalue weighted by molar-refractivity contribution is 6.24. The van der Waals surface area contributed by atoms with Gasteiger partial charge in [-0.3, -0.25) is 9.48 Å². The minimum atomic E-state index is -0.0947. The number of nitrogens with one attached hydrogen (secondary N) is 1. The van der Waals surface area contributed by atoms with Crippen LogP contribution in [0.2, 0.25) is 0 Å². The first kappa shape index (κ1) is 17.7. The van der Waals surface area contributed by atoms with E-state index in [1.807, 2.05) is 92.3 Å². The largest absolute Gasteiger partial charge is 0.348 e. The van der Waals surface area contributed by atoms with Crippen molar-refractivity contribution in [1.29, 1.82) is 0 Å². The summed E-state index contributed by atoms with van der Waals surface area (Å²) in [5.41, 5.74) is 5.61. The van der Waals surface area contributed by atoms with E-state index in [1.54, 1.807) is 0 Å². The summed E-state index contributed by atoms with van der Waals surface area (Å²) in [5, 5.41) is 7.46. The molecule has 0 aliphatic carbocycles. The number of carbonyl (C=O) groups excluding carboxylic acids is 1. The van der Waals surface area contributed by atoms with Gasteiger partial charge in [-0.2, -0.15) is 5.10 Å². The maximum atomic E-state index is 12.9. The molecule has 0 aliphatic rings. The number of aromatic nitrogens is 2. The molecule has 4 heteroatoms. The van der Waals surface area contributed by atoms with Crippen molar-refractivity contribution >= 4 is 17.6 Å². The van der Waals surface area contributed by atoms with Crippen LogP contribution in [0.4, 0.5) is 0 Å². The van der Waals surface area contributed by atoms with Gasteiger partial charge in [-0.1, -0.05) is 60.7 Å². The van der Waals surface area contributed by atoms with Crippen LogP contribution in [-0.2, 0) is 18.4 Å². The highest BCUT2D eigenvalue weighted by atomic mass is 16.1. The van der Waals surface area contributed by atoms with Gasteiger partial charge >= 0.3 is 0 Å². The summed E-state index contributed by atoms with van der Waals surface area (Å²) >= 11 is 0. The third-order valence-electron chi connectivity index (χ3n) is 4.52. The lowest BCUT2D eigenvalue weighted by molar-refractivity contribution is -0.115. The zero-order chi connectivity index (χ0) is 18.5. The third-order valence-corrected chi connectivity index (χ3v) is 4.52. The van der Waals surface area contributed by atoms with Crippen LogP contribution in [0, 0.1) is 13.8 Å². The average molecular weight is 345 g/mol. The first-order valence-corrected chi connectivity index (χ1v) is 8.65. The van der Waals surface area contributed by atoms with Crippen LogP contribution in [0.3, 0.4) is 0 Å². The fraction of sp³-hybridized carbons (Fsp3) is 0.182. The average Bonchev–Trinajstić information content (AvgIpc) is 2.91. The first-order chi connectivity index (χ1) is 12.6. The quantitative estimate of drug-likeness (QED) is 0.563. The lowest BCUT2D eigenvalue weighted by Gasteiger charge is -2.10. The number of hydrogen-bond acceptors (Lipinski definition) is 2. The summed E-state index contributed by atoms with van der Waals surface area (Å²) in [7, 11) is 1.92. The summed E-state index contributed by atoms with van der Waals surface area (Å²) in [6, 6.07) is 19.6. The minimum Gasteiger partial charge on any atom is -0.348 e. The van der Waals surface area contributed by atoms with E-state index < -0.39 is 0 Å². The number of carbonyl (C=O) groups is 1. The van der Waals surface area contributed by atoms with Gasteiger partial charge in [0.05, 0.1) is 5.69 Å².